The van der Waals surface area contributed by atoms with E-state index in [0.717, 1.165) is 23.5 Å². The molecule has 0 spiro atoms. The fourth-order valence-corrected chi connectivity index (χ4v) is 1.61. The van der Waals surface area contributed by atoms with Gasteiger partial charge in [0.15, 0.2) is 5.82 Å². The van der Waals surface area contributed by atoms with Gasteiger partial charge >= 0.3 is 0 Å². The first-order valence-corrected chi connectivity index (χ1v) is 5.26. The normalized spacial score (nSPS) is 10.2. The first kappa shape index (κ1) is 11.4. The number of aromatic amines is 1. The second-order valence-electron chi connectivity index (χ2n) is 3.51. The Hall–Kier alpha value is -2.11. The molecule has 0 aliphatic carbocycles. The molecule has 0 amide bonds. The fourth-order valence-electron chi connectivity index (χ4n) is 1.61. The molecule has 0 aliphatic rings. The van der Waals surface area contributed by atoms with Gasteiger partial charge < -0.3 is 9.47 Å². The number of hydrogen-bond donors (Lipinski definition) is 1. The second-order valence-corrected chi connectivity index (χ2v) is 3.51. The van der Waals surface area contributed by atoms with Crippen LogP contribution in [0.1, 0.15) is 11.4 Å². The summed E-state index contributed by atoms with van der Waals surface area (Å²) in [4.78, 5) is 0. The zero-order valence-corrected chi connectivity index (χ0v) is 9.80. The maximum atomic E-state index is 5.29. The first-order chi connectivity index (χ1) is 8.33. The van der Waals surface area contributed by atoms with E-state index in [1.165, 1.54) is 0 Å². The summed E-state index contributed by atoms with van der Waals surface area (Å²) in [6, 6.07) is 5.72. The van der Waals surface area contributed by atoms with Gasteiger partial charge in [0.25, 0.3) is 0 Å². The van der Waals surface area contributed by atoms with Crippen LogP contribution in [0.25, 0.3) is 0 Å². The fraction of sp³-hybridized carbons (Fsp3) is 0.364. The van der Waals surface area contributed by atoms with Crippen LogP contribution >= 0.6 is 0 Å². The van der Waals surface area contributed by atoms with Gasteiger partial charge in [0.05, 0.1) is 14.2 Å². The van der Waals surface area contributed by atoms with Gasteiger partial charge in [0.1, 0.15) is 11.5 Å². The molecular formula is C11H14N4O2. The van der Waals surface area contributed by atoms with E-state index >= 15 is 0 Å². The van der Waals surface area contributed by atoms with Crippen molar-refractivity contribution in [2.24, 2.45) is 0 Å². The maximum Gasteiger partial charge on any atom is 0.174 e. The smallest absolute Gasteiger partial charge is 0.174 e. The minimum atomic E-state index is 0.690. The summed E-state index contributed by atoms with van der Waals surface area (Å²) in [6.07, 6.45) is 1.49. The van der Waals surface area contributed by atoms with E-state index in [9.17, 15) is 0 Å². The highest BCUT2D eigenvalue weighted by molar-refractivity contribution is 5.40. The summed E-state index contributed by atoms with van der Waals surface area (Å²) in [6.45, 7) is 0. The maximum absolute atomic E-state index is 5.29. The van der Waals surface area contributed by atoms with Crippen molar-refractivity contribution in [3.8, 4) is 11.5 Å². The van der Waals surface area contributed by atoms with Crippen LogP contribution in [0.15, 0.2) is 18.2 Å². The number of H-pyrrole nitrogens is 1. The molecule has 1 heterocycles. The Morgan fingerprint density at radius 3 is 2.71 bits per heavy atom. The monoisotopic (exact) mass is 234 g/mol. The number of methoxy groups -OCH3 is 2. The van der Waals surface area contributed by atoms with Crippen molar-refractivity contribution in [3.05, 3.63) is 29.6 Å². The Labute approximate surface area is 98.9 Å². The minimum absolute atomic E-state index is 0.690. The van der Waals surface area contributed by atoms with E-state index in [1.54, 1.807) is 14.2 Å². The third-order valence-corrected chi connectivity index (χ3v) is 2.49. The summed E-state index contributed by atoms with van der Waals surface area (Å²) >= 11 is 0. The summed E-state index contributed by atoms with van der Waals surface area (Å²) in [7, 11) is 3.30. The molecule has 1 aromatic heterocycles. The van der Waals surface area contributed by atoms with Crippen LogP contribution in [0.2, 0.25) is 0 Å². The second kappa shape index (κ2) is 5.29. The van der Waals surface area contributed by atoms with E-state index < -0.39 is 0 Å². The highest BCUT2D eigenvalue weighted by Gasteiger charge is 2.07. The van der Waals surface area contributed by atoms with Gasteiger partial charge in [-0.15, -0.1) is 10.2 Å². The number of aromatic nitrogens is 4. The number of hydrogen-bond acceptors (Lipinski definition) is 5. The molecule has 0 atom stereocenters. The highest BCUT2D eigenvalue weighted by Crippen LogP contribution is 2.24. The molecule has 2 aromatic rings. The third kappa shape index (κ3) is 2.72. The number of benzene rings is 1. The molecule has 17 heavy (non-hydrogen) atoms. The lowest BCUT2D eigenvalue weighted by Crippen LogP contribution is -1.98. The van der Waals surface area contributed by atoms with Crippen LogP contribution in [-0.2, 0) is 12.8 Å². The quantitative estimate of drug-likeness (QED) is 0.835. The number of tetrazole rings is 1. The van der Waals surface area contributed by atoms with Gasteiger partial charge in [0, 0.05) is 6.42 Å². The number of rotatable bonds is 5. The Kier molecular flexibility index (Phi) is 3.54. The van der Waals surface area contributed by atoms with Gasteiger partial charge in [0.2, 0.25) is 0 Å². The highest BCUT2D eigenvalue weighted by atomic mass is 16.5. The van der Waals surface area contributed by atoms with Crippen molar-refractivity contribution < 1.29 is 9.47 Å². The van der Waals surface area contributed by atoms with E-state index in [2.05, 4.69) is 20.6 Å². The average Bonchev–Trinajstić information content (AvgIpc) is 2.89. The molecule has 6 nitrogen and oxygen atoms in total. The Morgan fingerprint density at radius 1 is 1.18 bits per heavy atom. The van der Waals surface area contributed by atoms with Crippen molar-refractivity contribution in [2.45, 2.75) is 12.8 Å². The lowest BCUT2D eigenvalue weighted by molar-refractivity contribution is 0.398. The molecule has 0 saturated carbocycles. The first-order valence-electron chi connectivity index (χ1n) is 5.26. The van der Waals surface area contributed by atoms with Crippen molar-refractivity contribution in [2.75, 3.05) is 14.2 Å². The van der Waals surface area contributed by atoms with Gasteiger partial charge in [-0.3, -0.25) is 0 Å². The van der Waals surface area contributed by atoms with E-state index in [-0.39, 0.29) is 0 Å². The lowest BCUT2D eigenvalue weighted by atomic mass is 10.1. The van der Waals surface area contributed by atoms with Crippen molar-refractivity contribution >= 4 is 0 Å². The zero-order valence-electron chi connectivity index (χ0n) is 9.80. The van der Waals surface area contributed by atoms with Crippen LogP contribution in [0.3, 0.4) is 0 Å². The predicted molar refractivity (Wildman–Crippen MR) is 61.1 cm³/mol. The molecule has 1 aromatic carbocycles. The number of ether oxygens (including phenoxy) is 2. The molecule has 6 heteroatoms. The summed E-state index contributed by atoms with van der Waals surface area (Å²) in [5.74, 6) is 2.35. The van der Waals surface area contributed by atoms with Crippen LogP contribution in [0.5, 0.6) is 11.5 Å². The van der Waals surface area contributed by atoms with Gasteiger partial charge in [-0.1, -0.05) is 5.21 Å². The lowest BCUT2D eigenvalue weighted by Gasteiger charge is -2.09. The molecule has 0 unspecified atom stereocenters. The molecule has 0 radical (unpaired) electrons. The van der Waals surface area contributed by atoms with Crippen LogP contribution in [0.4, 0.5) is 0 Å². The molecule has 2 rings (SSSR count). The van der Waals surface area contributed by atoms with Crippen LogP contribution in [-0.4, -0.2) is 34.8 Å². The molecule has 0 aliphatic heterocycles. The average molecular weight is 234 g/mol. The van der Waals surface area contributed by atoms with Crippen molar-refractivity contribution in [1.29, 1.82) is 0 Å². The van der Waals surface area contributed by atoms with E-state index in [4.69, 9.17) is 9.47 Å². The third-order valence-electron chi connectivity index (χ3n) is 2.49. The summed E-state index contributed by atoms with van der Waals surface area (Å²) < 4.78 is 10.5. The SMILES string of the molecule is COc1ccc(OC)c(CCc2nn[nH]n2)c1. The Balaban J connectivity index is 2.12. The molecule has 90 valence electrons. The van der Waals surface area contributed by atoms with Crippen molar-refractivity contribution in [3.63, 3.8) is 0 Å². The standard InChI is InChI=1S/C11H14N4O2/c1-16-9-4-5-10(17-2)8(7-9)3-6-11-12-14-15-13-11/h4-5,7H,3,6H2,1-2H3,(H,12,13,14,15). The van der Waals surface area contributed by atoms with Gasteiger partial charge in [-0.2, -0.15) is 5.21 Å². The minimum Gasteiger partial charge on any atom is -0.497 e. The predicted octanol–water partition coefficient (Wildman–Crippen LogP) is 1.00. The van der Waals surface area contributed by atoms with E-state index in [0.29, 0.717) is 12.2 Å². The van der Waals surface area contributed by atoms with Crippen LogP contribution < -0.4 is 9.47 Å². The molecule has 0 saturated heterocycles. The summed E-state index contributed by atoms with van der Waals surface area (Å²) in [5.41, 5.74) is 1.07. The largest absolute Gasteiger partial charge is 0.497 e. The Morgan fingerprint density at radius 2 is 2.06 bits per heavy atom. The van der Waals surface area contributed by atoms with Gasteiger partial charge in [-0.05, 0) is 30.2 Å². The van der Waals surface area contributed by atoms with E-state index in [1.807, 2.05) is 18.2 Å². The number of nitrogens with zero attached hydrogens (tertiary/aromatic N) is 3. The molecule has 1 N–H and O–H groups in total. The number of nitrogens with one attached hydrogen (secondary N) is 1. The van der Waals surface area contributed by atoms with Gasteiger partial charge in [-0.25, -0.2) is 0 Å². The molecule has 0 fully saturated rings. The molecule has 0 bridgehead atoms. The topological polar surface area (TPSA) is 72.9 Å². The summed E-state index contributed by atoms with van der Waals surface area (Å²) in [5, 5.41) is 13.8. The van der Waals surface area contributed by atoms with Crippen LogP contribution in [0, 0.1) is 0 Å². The number of aryl methyl sites for hydroxylation is 2. The van der Waals surface area contributed by atoms with Crippen molar-refractivity contribution in [1.82, 2.24) is 20.6 Å². The Bertz CT molecular complexity index is 470. The molecular weight excluding hydrogens is 220 g/mol. The zero-order chi connectivity index (χ0) is 12.1.